The Hall–Kier alpha value is -3.65. The Morgan fingerprint density at radius 2 is 1.77 bits per heavy atom. The SMILES string of the molecule is COc1ccc(-c2ccc(C(=O)O)o2)c(NC(=S)NC(=O)c2ccc(C(C)C)cc2)c1. The molecule has 31 heavy (non-hydrogen) atoms. The number of nitrogens with one attached hydrogen (secondary N) is 2. The topological polar surface area (TPSA) is 101 Å². The van der Waals surface area contributed by atoms with E-state index < -0.39 is 5.97 Å². The van der Waals surface area contributed by atoms with Crippen LogP contribution >= 0.6 is 12.2 Å². The van der Waals surface area contributed by atoms with Gasteiger partial charge in [0.1, 0.15) is 11.5 Å². The molecule has 8 heteroatoms. The number of furan rings is 1. The van der Waals surface area contributed by atoms with Crippen molar-refractivity contribution in [1.82, 2.24) is 5.32 Å². The van der Waals surface area contributed by atoms with E-state index in [1.807, 2.05) is 12.1 Å². The van der Waals surface area contributed by atoms with Crippen molar-refractivity contribution in [3.05, 3.63) is 71.5 Å². The molecule has 1 heterocycles. The summed E-state index contributed by atoms with van der Waals surface area (Å²) in [6, 6.07) is 15.3. The fourth-order valence-electron chi connectivity index (χ4n) is 2.91. The maximum atomic E-state index is 12.5. The number of carboxylic acid groups (broad SMARTS) is 1. The summed E-state index contributed by atoms with van der Waals surface area (Å²) in [5, 5.41) is 14.8. The Bertz CT molecular complexity index is 1120. The van der Waals surface area contributed by atoms with Crippen LogP contribution in [0, 0.1) is 0 Å². The maximum Gasteiger partial charge on any atom is 0.371 e. The van der Waals surface area contributed by atoms with Gasteiger partial charge in [-0.1, -0.05) is 26.0 Å². The average Bonchev–Trinajstić information content (AvgIpc) is 3.24. The van der Waals surface area contributed by atoms with Crippen molar-refractivity contribution in [1.29, 1.82) is 0 Å². The number of ether oxygens (including phenoxy) is 1. The third-order valence-corrected chi connectivity index (χ3v) is 4.83. The molecule has 1 aromatic heterocycles. The Morgan fingerprint density at radius 1 is 1.06 bits per heavy atom. The number of rotatable bonds is 6. The van der Waals surface area contributed by atoms with Gasteiger partial charge in [0.25, 0.3) is 5.91 Å². The second-order valence-corrected chi connectivity index (χ2v) is 7.47. The van der Waals surface area contributed by atoms with Crippen LogP contribution < -0.4 is 15.4 Å². The second kappa shape index (κ2) is 9.44. The van der Waals surface area contributed by atoms with Crippen molar-refractivity contribution in [2.45, 2.75) is 19.8 Å². The number of hydrogen-bond donors (Lipinski definition) is 3. The molecule has 0 aliphatic heterocycles. The number of anilines is 1. The van der Waals surface area contributed by atoms with E-state index in [0.717, 1.165) is 5.56 Å². The summed E-state index contributed by atoms with van der Waals surface area (Å²) >= 11 is 5.31. The molecule has 3 N–H and O–H groups in total. The van der Waals surface area contributed by atoms with Gasteiger partial charge in [0.2, 0.25) is 5.76 Å². The van der Waals surface area contributed by atoms with Crippen molar-refractivity contribution in [3.63, 3.8) is 0 Å². The zero-order chi connectivity index (χ0) is 22.5. The molecule has 3 aromatic rings. The van der Waals surface area contributed by atoms with Gasteiger partial charge < -0.3 is 19.6 Å². The third-order valence-electron chi connectivity index (χ3n) is 4.62. The van der Waals surface area contributed by atoms with Gasteiger partial charge in [0, 0.05) is 17.2 Å². The van der Waals surface area contributed by atoms with Crippen molar-refractivity contribution < 1.29 is 23.8 Å². The van der Waals surface area contributed by atoms with Crippen molar-refractivity contribution in [2.75, 3.05) is 12.4 Å². The molecule has 0 radical (unpaired) electrons. The van der Waals surface area contributed by atoms with Crippen molar-refractivity contribution in [3.8, 4) is 17.1 Å². The third kappa shape index (κ3) is 5.29. The molecule has 0 spiro atoms. The van der Waals surface area contributed by atoms with E-state index >= 15 is 0 Å². The lowest BCUT2D eigenvalue weighted by Crippen LogP contribution is -2.34. The lowest BCUT2D eigenvalue weighted by Gasteiger charge is -2.14. The summed E-state index contributed by atoms with van der Waals surface area (Å²) in [6.07, 6.45) is 0. The summed E-state index contributed by atoms with van der Waals surface area (Å²) < 4.78 is 10.7. The largest absolute Gasteiger partial charge is 0.497 e. The zero-order valence-corrected chi connectivity index (χ0v) is 18.1. The molecule has 0 fully saturated rings. The smallest absolute Gasteiger partial charge is 0.371 e. The fraction of sp³-hybridized carbons (Fsp3) is 0.174. The number of thiocarbonyl (C=S) groups is 1. The van der Waals surface area contributed by atoms with E-state index in [2.05, 4.69) is 24.5 Å². The number of benzene rings is 2. The van der Waals surface area contributed by atoms with Crippen molar-refractivity contribution in [2.24, 2.45) is 0 Å². The Kier molecular flexibility index (Phi) is 6.71. The van der Waals surface area contributed by atoms with Crippen molar-refractivity contribution >= 4 is 34.9 Å². The van der Waals surface area contributed by atoms with E-state index in [1.54, 1.807) is 36.4 Å². The number of hydrogen-bond acceptors (Lipinski definition) is 5. The van der Waals surface area contributed by atoms with Crippen LogP contribution in [-0.2, 0) is 0 Å². The van der Waals surface area contributed by atoms with Crippen LogP contribution in [0.25, 0.3) is 11.3 Å². The van der Waals surface area contributed by atoms with Gasteiger partial charge in [-0.15, -0.1) is 0 Å². The molecule has 0 aliphatic carbocycles. The van der Waals surface area contributed by atoms with Gasteiger partial charge in [0.05, 0.1) is 12.8 Å². The molecule has 0 bridgehead atoms. The van der Waals surface area contributed by atoms with Gasteiger partial charge in [-0.2, -0.15) is 0 Å². The van der Waals surface area contributed by atoms with Gasteiger partial charge in [-0.05, 0) is 60.1 Å². The molecular weight excluding hydrogens is 416 g/mol. The number of carbonyl (C=O) groups excluding carboxylic acids is 1. The monoisotopic (exact) mass is 438 g/mol. The highest BCUT2D eigenvalue weighted by Gasteiger charge is 2.16. The Labute approximate surface area is 185 Å². The molecule has 0 atom stereocenters. The molecule has 7 nitrogen and oxygen atoms in total. The minimum absolute atomic E-state index is 0.0810. The van der Waals surface area contributed by atoms with Crippen LogP contribution in [0.15, 0.2) is 59.0 Å². The summed E-state index contributed by atoms with van der Waals surface area (Å²) in [5.74, 6) is -0.438. The van der Waals surface area contributed by atoms with E-state index in [4.69, 9.17) is 26.5 Å². The number of aromatic carboxylic acids is 1. The molecule has 0 aliphatic rings. The van der Waals surface area contributed by atoms with Crippen LogP contribution in [0.5, 0.6) is 5.75 Å². The molecule has 3 rings (SSSR count). The summed E-state index contributed by atoms with van der Waals surface area (Å²) in [4.78, 5) is 23.7. The number of amides is 1. The first-order chi connectivity index (χ1) is 14.8. The minimum Gasteiger partial charge on any atom is -0.497 e. The van der Waals surface area contributed by atoms with E-state index in [0.29, 0.717) is 34.2 Å². The molecule has 0 unspecified atom stereocenters. The lowest BCUT2D eigenvalue weighted by molar-refractivity contribution is 0.0663. The minimum atomic E-state index is -1.17. The summed E-state index contributed by atoms with van der Waals surface area (Å²) in [5.41, 5.74) is 2.67. The molecule has 0 saturated heterocycles. The highest BCUT2D eigenvalue weighted by Crippen LogP contribution is 2.33. The van der Waals surface area contributed by atoms with Crippen LogP contribution in [0.2, 0.25) is 0 Å². The van der Waals surface area contributed by atoms with E-state index in [9.17, 15) is 9.59 Å². The van der Waals surface area contributed by atoms with Crippen LogP contribution in [0.4, 0.5) is 5.69 Å². The lowest BCUT2D eigenvalue weighted by atomic mass is 10.0. The van der Waals surface area contributed by atoms with Gasteiger partial charge >= 0.3 is 5.97 Å². The van der Waals surface area contributed by atoms with Crippen LogP contribution in [0.1, 0.15) is 46.2 Å². The second-order valence-electron chi connectivity index (χ2n) is 7.07. The Morgan fingerprint density at radius 3 is 2.35 bits per heavy atom. The van der Waals surface area contributed by atoms with Gasteiger partial charge in [0.15, 0.2) is 5.11 Å². The first-order valence-electron chi connectivity index (χ1n) is 9.52. The number of methoxy groups -OCH3 is 1. The fourth-order valence-corrected chi connectivity index (χ4v) is 3.12. The molecule has 1 amide bonds. The number of carbonyl (C=O) groups is 2. The van der Waals surface area contributed by atoms with E-state index in [-0.39, 0.29) is 16.8 Å². The van der Waals surface area contributed by atoms with Crippen LogP contribution in [-0.4, -0.2) is 29.2 Å². The average molecular weight is 439 g/mol. The highest BCUT2D eigenvalue weighted by molar-refractivity contribution is 7.80. The molecule has 0 saturated carbocycles. The Balaban J connectivity index is 1.79. The van der Waals surface area contributed by atoms with Crippen LogP contribution in [0.3, 0.4) is 0 Å². The molecular formula is C23H22N2O5S. The maximum absolute atomic E-state index is 12.5. The predicted octanol–water partition coefficient (Wildman–Crippen LogP) is 4.90. The first kappa shape index (κ1) is 22.0. The first-order valence-corrected chi connectivity index (χ1v) is 9.93. The summed E-state index contributed by atoms with van der Waals surface area (Å²) in [7, 11) is 1.52. The van der Waals surface area contributed by atoms with Gasteiger partial charge in [-0.25, -0.2) is 4.79 Å². The van der Waals surface area contributed by atoms with Gasteiger partial charge in [-0.3, -0.25) is 10.1 Å². The quantitative estimate of drug-likeness (QED) is 0.470. The summed E-state index contributed by atoms with van der Waals surface area (Å²) in [6.45, 7) is 4.16. The molecule has 2 aromatic carbocycles. The zero-order valence-electron chi connectivity index (χ0n) is 17.3. The normalized spacial score (nSPS) is 10.6. The molecule has 160 valence electrons. The number of carboxylic acids is 1. The predicted molar refractivity (Wildman–Crippen MR) is 122 cm³/mol. The van der Waals surface area contributed by atoms with E-state index in [1.165, 1.54) is 13.2 Å². The highest BCUT2D eigenvalue weighted by atomic mass is 32.1. The standard InChI is InChI=1S/C23H22N2O5S/c1-13(2)14-4-6-15(7-5-14)21(26)25-23(31)24-18-12-16(29-3)8-9-17(18)19-10-11-20(30-19)22(27)28/h4-13H,1-3H3,(H,27,28)(H2,24,25,26,31).